The summed E-state index contributed by atoms with van der Waals surface area (Å²) < 4.78 is 11.2. The van der Waals surface area contributed by atoms with E-state index < -0.39 is 17.5 Å². The number of fused-ring (bicyclic) bond motifs is 2. The van der Waals surface area contributed by atoms with Crippen LogP contribution in [-0.2, 0) is 0 Å². The number of nitrogens with zero attached hydrogens (tertiary/aromatic N) is 3. The third-order valence-corrected chi connectivity index (χ3v) is 4.66. The molecule has 0 N–H and O–H groups in total. The first-order chi connectivity index (χ1) is 13.6. The fraction of sp³-hybridized carbons (Fsp3) is 0.0500. The second-order valence-electron chi connectivity index (χ2n) is 6.40. The number of rotatable bonds is 2. The molecule has 0 fully saturated rings. The molecule has 8 nitrogen and oxygen atoms in total. The van der Waals surface area contributed by atoms with Crippen LogP contribution in [0.25, 0.3) is 17.1 Å². The minimum Gasteiger partial charge on any atom is -0.539 e. The molecule has 0 amide bonds. The highest BCUT2D eigenvalue weighted by Crippen LogP contribution is 2.35. The number of ketones is 2. The number of hydrogen-bond donors (Lipinski definition) is 0. The van der Waals surface area contributed by atoms with Crippen molar-refractivity contribution in [2.45, 2.75) is 6.92 Å². The Hall–Kier alpha value is -4.07. The van der Waals surface area contributed by atoms with E-state index in [0.29, 0.717) is 5.69 Å². The first-order valence-electron chi connectivity index (χ1n) is 8.41. The van der Waals surface area contributed by atoms with E-state index in [0.717, 1.165) is 5.56 Å². The molecule has 2 heterocycles. The van der Waals surface area contributed by atoms with E-state index in [2.05, 4.69) is 10.4 Å². The van der Waals surface area contributed by atoms with Crippen LogP contribution >= 0.6 is 0 Å². The van der Waals surface area contributed by atoms with Crippen LogP contribution in [0.4, 0.5) is 0 Å². The minimum atomic E-state index is -0.796. The highest BCUT2D eigenvalue weighted by molar-refractivity contribution is 6.28. The smallest absolute Gasteiger partial charge is 0.293 e. The van der Waals surface area contributed by atoms with Crippen molar-refractivity contribution in [1.29, 1.82) is 0 Å². The lowest BCUT2D eigenvalue weighted by Crippen LogP contribution is -2.35. The van der Waals surface area contributed by atoms with E-state index in [1.54, 1.807) is 36.4 Å². The normalized spacial score (nSPS) is 12.8. The number of benzene rings is 2. The average molecular weight is 373 g/mol. The van der Waals surface area contributed by atoms with Gasteiger partial charge in [-0.05, 0) is 11.6 Å². The zero-order valence-electron chi connectivity index (χ0n) is 14.5. The minimum absolute atomic E-state index is 0.0649. The molecule has 1 aliphatic rings. The summed E-state index contributed by atoms with van der Waals surface area (Å²) in [6.45, 7) is 1.92. The average Bonchev–Trinajstić information content (AvgIpc) is 3.30. The molecule has 5 rings (SSSR count). The van der Waals surface area contributed by atoms with E-state index in [1.165, 1.54) is 4.68 Å². The molecule has 0 bridgehead atoms. The molecule has 1 aliphatic carbocycles. The number of aromatic nitrogens is 3. The van der Waals surface area contributed by atoms with Crippen LogP contribution in [-0.4, -0.2) is 22.0 Å². The summed E-state index contributed by atoms with van der Waals surface area (Å²) >= 11 is 0. The maximum absolute atomic E-state index is 13.0. The van der Waals surface area contributed by atoms with Gasteiger partial charge in [0.25, 0.3) is 5.69 Å². The second kappa shape index (κ2) is 5.71. The Morgan fingerprint density at radius 2 is 1.61 bits per heavy atom. The van der Waals surface area contributed by atoms with E-state index in [9.17, 15) is 14.7 Å². The number of carbonyl (C=O) groups excluding carboxylic acids is 2. The topological polar surface area (TPSA) is 113 Å². The van der Waals surface area contributed by atoms with Crippen LogP contribution in [0.3, 0.4) is 0 Å². The molecule has 0 saturated carbocycles. The summed E-state index contributed by atoms with van der Waals surface area (Å²) in [6.07, 6.45) is 0. The molecule has 0 atom stereocenters. The molecule has 0 radical (unpaired) electrons. The van der Waals surface area contributed by atoms with Crippen molar-refractivity contribution < 1.29 is 28.4 Å². The van der Waals surface area contributed by atoms with Crippen molar-refractivity contribution in [3.05, 3.63) is 76.5 Å². The van der Waals surface area contributed by atoms with Gasteiger partial charge in [0.1, 0.15) is 5.56 Å². The Kier molecular flexibility index (Phi) is 3.29. The molecule has 4 aromatic rings. The first-order valence-corrected chi connectivity index (χ1v) is 8.41. The van der Waals surface area contributed by atoms with Crippen LogP contribution in [0.5, 0.6) is 5.95 Å². The molecule has 2 aromatic heterocycles. The third-order valence-electron chi connectivity index (χ3n) is 4.66. The van der Waals surface area contributed by atoms with Gasteiger partial charge in [0.05, 0.1) is 5.27 Å². The van der Waals surface area contributed by atoms with Gasteiger partial charge in [0, 0.05) is 23.3 Å². The monoisotopic (exact) mass is 373 g/mol. The van der Waals surface area contributed by atoms with E-state index >= 15 is 0 Å². The fourth-order valence-electron chi connectivity index (χ4n) is 3.26. The SMILES string of the molecule is Cc1ccc(-[n+]2noc([O-])c2-c2noc3c2C(=O)c2ccccc2C3=O)cc1. The van der Waals surface area contributed by atoms with Gasteiger partial charge in [-0.3, -0.25) is 9.59 Å². The molecule has 8 heteroatoms. The van der Waals surface area contributed by atoms with Crippen molar-refractivity contribution in [3.8, 4) is 23.0 Å². The van der Waals surface area contributed by atoms with Crippen LogP contribution < -0.4 is 9.79 Å². The van der Waals surface area contributed by atoms with Crippen LogP contribution in [0.1, 0.15) is 37.6 Å². The van der Waals surface area contributed by atoms with Crippen molar-refractivity contribution in [2.24, 2.45) is 0 Å². The van der Waals surface area contributed by atoms with E-state index in [4.69, 9.17) is 9.05 Å². The van der Waals surface area contributed by atoms with Gasteiger partial charge in [-0.2, -0.15) is 0 Å². The maximum Gasteiger partial charge on any atom is 0.293 e. The summed E-state index contributed by atoms with van der Waals surface area (Å²) in [5.41, 5.74) is 1.80. The van der Waals surface area contributed by atoms with Crippen molar-refractivity contribution >= 4 is 11.6 Å². The summed E-state index contributed by atoms with van der Waals surface area (Å²) in [5.74, 6) is -1.90. The Labute approximate surface area is 157 Å². The van der Waals surface area contributed by atoms with Crippen LogP contribution in [0.15, 0.2) is 57.6 Å². The largest absolute Gasteiger partial charge is 0.539 e. The van der Waals surface area contributed by atoms with Gasteiger partial charge >= 0.3 is 0 Å². The Bertz CT molecular complexity index is 1270. The zero-order chi connectivity index (χ0) is 19.4. The number of aryl methyl sites for hydroxylation is 1. The van der Waals surface area contributed by atoms with Crippen molar-refractivity contribution in [2.75, 3.05) is 0 Å². The van der Waals surface area contributed by atoms with Gasteiger partial charge in [0.2, 0.25) is 17.2 Å². The first kappa shape index (κ1) is 16.1. The zero-order valence-corrected chi connectivity index (χ0v) is 14.5. The van der Waals surface area contributed by atoms with Crippen LogP contribution in [0.2, 0.25) is 0 Å². The molecule has 28 heavy (non-hydrogen) atoms. The summed E-state index contributed by atoms with van der Waals surface area (Å²) in [7, 11) is 0. The van der Waals surface area contributed by atoms with Gasteiger partial charge in [-0.15, -0.1) is 0 Å². The van der Waals surface area contributed by atoms with Gasteiger partial charge in [0.15, 0.2) is 17.4 Å². The summed E-state index contributed by atoms with van der Waals surface area (Å²) in [5, 5.41) is 20.0. The number of hydrogen-bond acceptors (Lipinski definition) is 7. The Morgan fingerprint density at radius 3 is 2.32 bits per heavy atom. The van der Waals surface area contributed by atoms with E-state index in [1.807, 2.05) is 19.1 Å². The molecule has 0 spiro atoms. The molecular weight excluding hydrogens is 362 g/mol. The van der Waals surface area contributed by atoms with Crippen molar-refractivity contribution in [3.63, 3.8) is 0 Å². The number of carbonyl (C=O) groups is 2. The Balaban J connectivity index is 1.73. The lowest BCUT2D eigenvalue weighted by atomic mass is 9.87. The summed E-state index contributed by atoms with van der Waals surface area (Å²) in [6, 6.07) is 13.6. The van der Waals surface area contributed by atoms with Crippen molar-refractivity contribution in [1.82, 2.24) is 10.4 Å². The maximum atomic E-state index is 13.0. The highest BCUT2D eigenvalue weighted by atomic mass is 16.6. The standard InChI is InChI=1S/C20H11N3O5/c1-10-6-8-11(9-7-10)23-16(20(26)28-22-23)15-14-17(24)12-4-2-3-5-13(12)18(25)19(14)27-21-15/h2-9H,1H3. The Morgan fingerprint density at radius 1 is 0.929 bits per heavy atom. The second-order valence-corrected chi connectivity index (χ2v) is 6.40. The molecule has 136 valence electrons. The van der Waals surface area contributed by atoms with E-state index in [-0.39, 0.29) is 33.8 Å². The van der Waals surface area contributed by atoms with Gasteiger partial charge < -0.3 is 14.2 Å². The van der Waals surface area contributed by atoms with Gasteiger partial charge in [-0.1, -0.05) is 47.1 Å². The van der Waals surface area contributed by atoms with Crippen LogP contribution in [0, 0.1) is 6.92 Å². The quantitative estimate of drug-likeness (QED) is 0.433. The fourth-order valence-corrected chi connectivity index (χ4v) is 3.26. The lowest BCUT2D eigenvalue weighted by molar-refractivity contribution is -0.660. The summed E-state index contributed by atoms with van der Waals surface area (Å²) in [4.78, 5) is 25.7. The highest BCUT2D eigenvalue weighted by Gasteiger charge is 2.40. The molecule has 0 saturated heterocycles. The molecule has 0 unspecified atom stereocenters. The molecule has 0 aliphatic heterocycles. The lowest BCUT2D eigenvalue weighted by Gasteiger charge is -2.11. The molecular formula is C20H11N3O5. The third kappa shape index (κ3) is 2.14. The predicted octanol–water partition coefficient (Wildman–Crippen LogP) is 1.76. The molecule has 2 aromatic carbocycles. The predicted molar refractivity (Wildman–Crippen MR) is 91.0 cm³/mol. The van der Waals surface area contributed by atoms with Gasteiger partial charge in [-0.25, -0.2) is 0 Å².